The zero-order valence-corrected chi connectivity index (χ0v) is 17.7. The molecule has 2 bridgehead atoms. The average molecular weight is 421 g/mol. The second kappa shape index (κ2) is 8.51. The minimum absolute atomic E-state index is 0.148. The van der Waals surface area contributed by atoms with Gasteiger partial charge in [0.1, 0.15) is 0 Å². The van der Waals surface area contributed by atoms with Gasteiger partial charge >= 0.3 is 0 Å². The molecule has 1 saturated heterocycles. The maximum absolute atomic E-state index is 13.5. The molecule has 2 aliphatic rings. The molecule has 31 heavy (non-hydrogen) atoms. The summed E-state index contributed by atoms with van der Waals surface area (Å²) < 4.78 is 1.67. The fourth-order valence-corrected chi connectivity index (χ4v) is 5.03. The number of aromatic nitrogens is 1. The quantitative estimate of drug-likeness (QED) is 0.771. The maximum atomic E-state index is 13.5. The van der Waals surface area contributed by atoms with Crippen LogP contribution >= 0.6 is 0 Å². The lowest BCUT2D eigenvalue weighted by Gasteiger charge is -2.38. The molecule has 1 aromatic carbocycles. The van der Waals surface area contributed by atoms with Gasteiger partial charge in [0.15, 0.2) is 0 Å². The van der Waals surface area contributed by atoms with Crippen molar-refractivity contribution >= 4 is 17.9 Å². The zero-order valence-electron chi connectivity index (χ0n) is 17.7. The predicted molar refractivity (Wildman–Crippen MR) is 117 cm³/mol. The highest BCUT2D eigenvalue weighted by Crippen LogP contribution is 2.48. The van der Waals surface area contributed by atoms with Crippen molar-refractivity contribution in [2.24, 2.45) is 11.8 Å². The highest BCUT2D eigenvalue weighted by Gasteiger charge is 2.57. The van der Waals surface area contributed by atoms with Crippen molar-refractivity contribution < 1.29 is 14.7 Å². The summed E-state index contributed by atoms with van der Waals surface area (Å²) in [6, 6.07) is 11.4. The van der Waals surface area contributed by atoms with Gasteiger partial charge in [-0.2, -0.15) is 0 Å². The van der Waals surface area contributed by atoms with Crippen LogP contribution in [0.1, 0.15) is 41.5 Å². The number of carbonyl (C=O) groups is 2. The van der Waals surface area contributed by atoms with Crippen LogP contribution in [0.5, 0.6) is 0 Å². The number of benzene rings is 1. The lowest BCUT2D eigenvalue weighted by molar-refractivity contribution is -0.127. The SMILES string of the molecule is C/C=C/c1ccc2n(c1=O)C[C@@H]1[C@@H](CO)[C@H](C(=O)NCC)[C@H]2N1C(=O)c1ccccc1. The highest BCUT2D eigenvalue weighted by molar-refractivity contribution is 5.96. The third-order valence-corrected chi connectivity index (χ3v) is 6.33. The number of carbonyl (C=O) groups excluding carboxylic acids is 2. The van der Waals surface area contributed by atoms with Gasteiger partial charge in [-0.15, -0.1) is 0 Å². The van der Waals surface area contributed by atoms with E-state index in [1.54, 1.807) is 52.0 Å². The molecule has 2 aliphatic heterocycles. The number of nitrogens with zero attached hydrogens (tertiary/aromatic N) is 2. The van der Waals surface area contributed by atoms with Crippen LogP contribution in [0.4, 0.5) is 0 Å². The van der Waals surface area contributed by atoms with Crippen LogP contribution in [0.25, 0.3) is 6.08 Å². The number of allylic oxidation sites excluding steroid dienone is 1. The second-order valence-corrected chi connectivity index (χ2v) is 7.99. The smallest absolute Gasteiger partial charge is 0.258 e. The molecule has 0 aliphatic carbocycles. The van der Waals surface area contributed by atoms with E-state index in [1.807, 2.05) is 26.0 Å². The summed E-state index contributed by atoms with van der Waals surface area (Å²) in [4.78, 5) is 41.4. The molecule has 2 amide bonds. The number of aliphatic hydroxyl groups excluding tert-OH is 1. The maximum Gasteiger partial charge on any atom is 0.258 e. The van der Waals surface area contributed by atoms with E-state index in [9.17, 15) is 19.5 Å². The molecule has 0 spiro atoms. The molecule has 1 fully saturated rings. The number of amides is 2. The first-order chi connectivity index (χ1) is 15.0. The summed E-state index contributed by atoms with van der Waals surface area (Å²) in [6.45, 7) is 4.13. The van der Waals surface area contributed by atoms with Crippen molar-refractivity contribution in [1.29, 1.82) is 0 Å². The first-order valence-electron chi connectivity index (χ1n) is 10.7. The largest absolute Gasteiger partial charge is 0.396 e. The van der Waals surface area contributed by atoms with Gasteiger partial charge in [0.25, 0.3) is 11.5 Å². The van der Waals surface area contributed by atoms with E-state index >= 15 is 0 Å². The van der Waals surface area contributed by atoms with Gasteiger partial charge in [-0.25, -0.2) is 0 Å². The molecule has 0 saturated carbocycles. The van der Waals surface area contributed by atoms with Gasteiger partial charge in [0.05, 0.1) is 18.0 Å². The van der Waals surface area contributed by atoms with Gasteiger partial charge in [-0.05, 0) is 38.1 Å². The van der Waals surface area contributed by atoms with Crippen molar-refractivity contribution in [3.8, 4) is 0 Å². The Morgan fingerprint density at radius 2 is 1.94 bits per heavy atom. The van der Waals surface area contributed by atoms with Gasteiger partial charge in [-0.1, -0.05) is 30.4 Å². The third kappa shape index (κ3) is 3.39. The van der Waals surface area contributed by atoms with Crippen LogP contribution in [-0.4, -0.2) is 45.6 Å². The summed E-state index contributed by atoms with van der Waals surface area (Å²) >= 11 is 0. The van der Waals surface area contributed by atoms with E-state index < -0.39 is 23.9 Å². The summed E-state index contributed by atoms with van der Waals surface area (Å²) in [5.74, 6) is -1.51. The van der Waals surface area contributed by atoms with Gasteiger partial charge in [-0.3, -0.25) is 14.4 Å². The number of nitrogens with one attached hydrogen (secondary N) is 1. The van der Waals surface area contributed by atoms with E-state index in [0.29, 0.717) is 23.4 Å². The Kier molecular flexibility index (Phi) is 5.78. The molecular formula is C24H27N3O4. The molecule has 2 N–H and O–H groups in total. The molecule has 4 atom stereocenters. The van der Waals surface area contributed by atoms with Crippen molar-refractivity contribution in [1.82, 2.24) is 14.8 Å². The normalized spacial score (nSPS) is 24.3. The van der Waals surface area contributed by atoms with E-state index in [0.717, 1.165) is 0 Å². The number of hydrogen-bond acceptors (Lipinski definition) is 4. The van der Waals surface area contributed by atoms with E-state index in [-0.39, 0.29) is 30.5 Å². The summed E-state index contributed by atoms with van der Waals surface area (Å²) in [6.07, 6.45) is 3.56. The average Bonchev–Trinajstić information content (AvgIpc) is 3.02. The molecule has 7 heteroatoms. The molecule has 7 nitrogen and oxygen atoms in total. The molecule has 3 heterocycles. The van der Waals surface area contributed by atoms with Crippen LogP contribution < -0.4 is 10.9 Å². The second-order valence-electron chi connectivity index (χ2n) is 7.99. The Hall–Kier alpha value is -3.19. The third-order valence-electron chi connectivity index (χ3n) is 6.33. The Morgan fingerprint density at radius 3 is 2.58 bits per heavy atom. The number of rotatable bonds is 5. The topological polar surface area (TPSA) is 91.6 Å². The fraction of sp³-hybridized carbons (Fsp3) is 0.375. The molecule has 0 radical (unpaired) electrons. The number of fused-ring (bicyclic) bond motifs is 4. The van der Waals surface area contributed by atoms with E-state index in [2.05, 4.69) is 5.32 Å². The number of pyridine rings is 1. The van der Waals surface area contributed by atoms with Crippen LogP contribution in [-0.2, 0) is 11.3 Å². The molecular weight excluding hydrogens is 394 g/mol. The van der Waals surface area contributed by atoms with Crippen LogP contribution in [0, 0.1) is 11.8 Å². The van der Waals surface area contributed by atoms with Crippen LogP contribution in [0.3, 0.4) is 0 Å². The first kappa shape index (κ1) is 21.1. The molecule has 2 aromatic rings. The van der Waals surface area contributed by atoms with Crippen molar-refractivity contribution in [3.05, 3.63) is 75.7 Å². The van der Waals surface area contributed by atoms with Gasteiger partial charge < -0.3 is 19.9 Å². The Balaban J connectivity index is 1.89. The molecule has 162 valence electrons. The fourth-order valence-electron chi connectivity index (χ4n) is 5.03. The standard InChI is InChI=1S/C24H27N3O4/c1-3-8-15-11-12-18-21-20(22(29)25-4-2)17(14-28)19(13-26(18)23(15)30)27(21)24(31)16-9-6-5-7-10-16/h3,5-12,17,19-21,28H,4,13-14H2,1-2H3,(H,25,29)/b8-3+/t17-,19-,20+,21+/m1/s1. The minimum Gasteiger partial charge on any atom is -0.396 e. The zero-order chi connectivity index (χ0) is 22.1. The minimum atomic E-state index is -0.636. The summed E-state index contributed by atoms with van der Waals surface area (Å²) in [5, 5.41) is 13.1. The summed E-state index contributed by atoms with van der Waals surface area (Å²) in [5.41, 5.74) is 1.56. The van der Waals surface area contributed by atoms with Crippen molar-refractivity contribution in [2.75, 3.05) is 13.2 Å². The molecule has 0 unspecified atom stereocenters. The van der Waals surface area contributed by atoms with Crippen molar-refractivity contribution in [3.63, 3.8) is 0 Å². The monoisotopic (exact) mass is 421 g/mol. The van der Waals surface area contributed by atoms with Gasteiger partial charge in [0.2, 0.25) is 5.91 Å². The van der Waals surface area contributed by atoms with E-state index in [4.69, 9.17) is 0 Å². The Bertz CT molecular complexity index is 1080. The lowest BCUT2D eigenvalue weighted by Crippen LogP contribution is -2.49. The molecule has 1 aromatic heterocycles. The molecule has 4 rings (SSSR count). The highest BCUT2D eigenvalue weighted by atomic mass is 16.3. The lowest BCUT2D eigenvalue weighted by atomic mass is 9.86. The summed E-state index contributed by atoms with van der Waals surface area (Å²) in [7, 11) is 0. The van der Waals surface area contributed by atoms with Gasteiger partial charge in [0, 0.05) is 42.4 Å². The van der Waals surface area contributed by atoms with E-state index in [1.165, 1.54) is 0 Å². The number of aliphatic hydroxyl groups is 1. The predicted octanol–water partition coefficient (Wildman–Crippen LogP) is 1.82. The number of hydrogen-bond donors (Lipinski definition) is 2. The van der Waals surface area contributed by atoms with Crippen LogP contribution in [0.15, 0.2) is 53.3 Å². The Labute approximate surface area is 181 Å². The Morgan fingerprint density at radius 1 is 1.19 bits per heavy atom. The first-order valence-corrected chi connectivity index (χ1v) is 10.7. The van der Waals surface area contributed by atoms with Crippen molar-refractivity contribution in [2.45, 2.75) is 32.5 Å². The van der Waals surface area contributed by atoms with Crippen LogP contribution in [0.2, 0.25) is 0 Å².